The van der Waals surface area contributed by atoms with Gasteiger partial charge in [-0.15, -0.1) is 0 Å². The molecule has 1 aliphatic rings. The standard InChI is InChI=1S/C7H14O4S/c1-6(5-12(8,9)10)7-2-3-11-4-7/h6-7H,2-5H2,1H3,(H,8,9,10)/t6?,7-/m1/s1. The minimum absolute atomic E-state index is 0.0116. The second-order valence-corrected chi connectivity index (χ2v) is 4.85. The van der Waals surface area contributed by atoms with Crippen molar-refractivity contribution in [2.24, 2.45) is 11.8 Å². The van der Waals surface area contributed by atoms with Crippen LogP contribution in [0.5, 0.6) is 0 Å². The second kappa shape index (κ2) is 3.72. The van der Waals surface area contributed by atoms with Crippen molar-refractivity contribution < 1.29 is 17.7 Å². The maximum atomic E-state index is 10.5. The Kier molecular flexibility index (Phi) is 3.09. The van der Waals surface area contributed by atoms with Crippen molar-refractivity contribution in [1.82, 2.24) is 0 Å². The van der Waals surface area contributed by atoms with Crippen LogP contribution in [0.3, 0.4) is 0 Å². The smallest absolute Gasteiger partial charge is 0.265 e. The quantitative estimate of drug-likeness (QED) is 0.666. The van der Waals surface area contributed by atoms with Crippen LogP contribution in [0.25, 0.3) is 0 Å². The van der Waals surface area contributed by atoms with Crippen LogP contribution < -0.4 is 0 Å². The van der Waals surface area contributed by atoms with E-state index in [9.17, 15) is 8.42 Å². The minimum atomic E-state index is -3.82. The molecule has 5 heteroatoms. The summed E-state index contributed by atoms with van der Waals surface area (Å²) in [6.07, 6.45) is 0.899. The molecule has 1 unspecified atom stereocenters. The van der Waals surface area contributed by atoms with E-state index in [1.807, 2.05) is 6.92 Å². The van der Waals surface area contributed by atoms with Gasteiger partial charge in [0.25, 0.3) is 10.1 Å². The van der Waals surface area contributed by atoms with E-state index in [1.54, 1.807) is 0 Å². The lowest BCUT2D eigenvalue weighted by atomic mass is 9.95. The molecule has 0 saturated carbocycles. The van der Waals surface area contributed by atoms with Crippen LogP contribution in [0.15, 0.2) is 0 Å². The van der Waals surface area contributed by atoms with Gasteiger partial charge in [0, 0.05) is 13.2 Å². The first-order chi connectivity index (χ1) is 5.49. The molecule has 1 saturated heterocycles. The van der Waals surface area contributed by atoms with Crippen LogP contribution in [0.4, 0.5) is 0 Å². The molecule has 1 rings (SSSR count). The lowest BCUT2D eigenvalue weighted by molar-refractivity contribution is 0.177. The molecule has 12 heavy (non-hydrogen) atoms. The van der Waals surface area contributed by atoms with Crippen LogP contribution in [0, 0.1) is 11.8 Å². The van der Waals surface area contributed by atoms with Gasteiger partial charge in [-0.2, -0.15) is 8.42 Å². The van der Waals surface area contributed by atoms with E-state index in [4.69, 9.17) is 9.29 Å². The largest absolute Gasteiger partial charge is 0.381 e. The molecule has 1 heterocycles. The summed E-state index contributed by atoms with van der Waals surface area (Å²) < 4.78 is 34.7. The summed E-state index contributed by atoms with van der Waals surface area (Å²) in [5, 5.41) is 0. The van der Waals surface area contributed by atoms with Crippen molar-refractivity contribution >= 4 is 10.1 Å². The Balaban J connectivity index is 2.42. The minimum Gasteiger partial charge on any atom is -0.381 e. The maximum Gasteiger partial charge on any atom is 0.265 e. The van der Waals surface area contributed by atoms with Crippen LogP contribution in [-0.4, -0.2) is 31.9 Å². The number of rotatable bonds is 3. The highest BCUT2D eigenvalue weighted by atomic mass is 32.2. The SMILES string of the molecule is CC(CS(=O)(=O)O)[C@@H]1CCOC1. The number of ether oxygens (including phenoxy) is 1. The first-order valence-electron chi connectivity index (χ1n) is 4.02. The normalized spacial score (nSPS) is 27.3. The highest BCUT2D eigenvalue weighted by Gasteiger charge is 2.25. The Hall–Kier alpha value is -0.130. The molecule has 0 bridgehead atoms. The molecule has 72 valence electrons. The van der Waals surface area contributed by atoms with Crippen molar-refractivity contribution in [3.8, 4) is 0 Å². The molecule has 1 N–H and O–H groups in total. The first-order valence-corrected chi connectivity index (χ1v) is 5.63. The third-order valence-corrected chi connectivity index (χ3v) is 3.19. The predicted octanol–water partition coefficient (Wildman–Crippen LogP) is 0.547. The highest BCUT2D eigenvalue weighted by Crippen LogP contribution is 2.22. The molecule has 0 spiro atoms. The van der Waals surface area contributed by atoms with Gasteiger partial charge >= 0.3 is 0 Å². The summed E-state index contributed by atoms with van der Waals surface area (Å²) in [6, 6.07) is 0. The third-order valence-electron chi connectivity index (χ3n) is 2.24. The molecular formula is C7H14O4S. The second-order valence-electron chi connectivity index (χ2n) is 3.35. The Labute approximate surface area is 72.7 Å². The van der Waals surface area contributed by atoms with Crippen molar-refractivity contribution in [2.45, 2.75) is 13.3 Å². The van der Waals surface area contributed by atoms with Crippen molar-refractivity contribution in [1.29, 1.82) is 0 Å². The molecule has 1 fully saturated rings. The zero-order valence-electron chi connectivity index (χ0n) is 7.06. The average molecular weight is 194 g/mol. The van der Waals surface area contributed by atoms with Crippen LogP contribution in [0.2, 0.25) is 0 Å². The molecule has 0 aromatic carbocycles. The fourth-order valence-corrected chi connectivity index (χ4v) is 2.41. The summed E-state index contributed by atoms with van der Waals surface area (Å²) in [7, 11) is -3.82. The molecule has 0 aliphatic carbocycles. The predicted molar refractivity (Wildman–Crippen MR) is 44.5 cm³/mol. The summed E-state index contributed by atoms with van der Waals surface area (Å²) in [4.78, 5) is 0. The van der Waals surface area contributed by atoms with Gasteiger partial charge in [-0.25, -0.2) is 0 Å². The van der Waals surface area contributed by atoms with E-state index in [1.165, 1.54) is 0 Å². The molecule has 1 aliphatic heterocycles. The van der Waals surface area contributed by atoms with Crippen molar-refractivity contribution in [2.75, 3.05) is 19.0 Å². The fourth-order valence-electron chi connectivity index (χ4n) is 1.47. The molecule has 0 amide bonds. The van der Waals surface area contributed by atoms with Gasteiger partial charge in [0.1, 0.15) is 0 Å². The first kappa shape index (κ1) is 9.95. The van der Waals surface area contributed by atoms with Gasteiger partial charge in [-0.3, -0.25) is 4.55 Å². The van der Waals surface area contributed by atoms with Crippen LogP contribution >= 0.6 is 0 Å². The summed E-state index contributed by atoms with van der Waals surface area (Å²) >= 11 is 0. The zero-order valence-corrected chi connectivity index (χ0v) is 7.88. The van der Waals surface area contributed by atoms with E-state index >= 15 is 0 Å². The summed E-state index contributed by atoms with van der Waals surface area (Å²) in [5.74, 6) is 0.121. The lowest BCUT2D eigenvalue weighted by Gasteiger charge is -2.14. The molecule has 0 aromatic heterocycles. The van der Waals surface area contributed by atoms with Crippen LogP contribution in [0.1, 0.15) is 13.3 Å². The van der Waals surface area contributed by atoms with E-state index in [0.29, 0.717) is 13.2 Å². The van der Waals surface area contributed by atoms with Crippen molar-refractivity contribution in [3.63, 3.8) is 0 Å². The van der Waals surface area contributed by atoms with Gasteiger partial charge in [0.05, 0.1) is 5.75 Å². The average Bonchev–Trinajstić information content (AvgIpc) is 2.32. The summed E-state index contributed by atoms with van der Waals surface area (Å²) in [6.45, 7) is 3.16. The molecule has 2 atom stereocenters. The van der Waals surface area contributed by atoms with Gasteiger partial charge in [0.15, 0.2) is 0 Å². The molecular weight excluding hydrogens is 180 g/mol. The number of hydrogen-bond donors (Lipinski definition) is 1. The Bertz CT molecular complexity index is 228. The lowest BCUT2D eigenvalue weighted by Crippen LogP contribution is -2.20. The fraction of sp³-hybridized carbons (Fsp3) is 1.00. The Morgan fingerprint density at radius 2 is 2.33 bits per heavy atom. The van der Waals surface area contributed by atoms with Gasteiger partial charge in [-0.05, 0) is 18.3 Å². The monoisotopic (exact) mass is 194 g/mol. The molecule has 4 nitrogen and oxygen atoms in total. The zero-order chi connectivity index (χ0) is 9.19. The number of hydrogen-bond acceptors (Lipinski definition) is 3. The molecule has 0 aromatic rings. The van der Waals surface area contributed by atoms with Gasteiger partial charge in [0.2, 0.25) is 0 Å². The van der Waals surface area contributed by atoms with E-state index < -0.39 is 10.1 Å². The topological polar surface area (TPSA) is 63.6 Å². The van der Waals surface area contributed by atoms with E-state index in [2.05, 4.69) is 0 Å². The highest BCUT2D eigenvalue weighted by molar-refractivity contribution is 7.85. The van der Waals surface area contributed by atoms with Gasteiger partial charge < -0.3 is 4.74 Å². The summed E-state index contributed by atoms with van der Waals surface area (Å²) in [5.41, 5.74) is 0. The Morgan fingerprint density at radius 1 is 1.67 bits per heavy atom. The third kappa shape index (κ3) is 3.08. The van der Waals surface area contributed by atoms with Crippen molar-refractivity contribution in [3.05, 3.63) is 0 Å². The molecule has 0 radical (unpaired) electrons. The maximum absolute atomic E-state index is 10.5. The van der Waals surface area contributed by atoms with Crippen LogP contribution in [-0.2, 0) is 14.9 Å². The van der Waals surface area contributed by atoms with E-state index in [0.717, 1.165) is 6.42 Å². The Morgan fingerprint density at radius 3 is 2.75 bits per heavy atom. The van der Waals surface area contributed by atoms with Gasteiger partial charge in [-0.1, -0.05) is 6.92 Å². The van der Waals surface area contributed by atoms with E-state index in [-0.39, 0.29) is 17.6 Å².